The van der Waals surface area contributed by atoms with Crippen molar-refractivity contribution >= 4 is 5.91 Å². The van der Waals surface area contributed by atoms with E-state index in [0.29, 0.717) is 11.5 Å². The van der Waals surface area contributed by atoms with Crippen molar-refractivity contribution in [3.05, 3.63) is 34.9 Å². The van der Waals surface area contributed by atoms with Crippen LogP contribution in [0.4, 0.5) is 0 Å². The highest BCUT2D eigenvalue weighted by molar-refractivity contribution is 5.96. The standard InChI is InChI=1S/C17H22N2O/c1-12-7-6-10-15(13(12)2)17(20)19-16(11-18)14-8-4-3-5-9-14/h6-7,10,14,16H,3-5,8-9H2,1-2H3,(H,19,20). The van der Waals surface area contributed by atoms with Gasteiger partial charge in [-0.1, -0.05) is 31.4 Å². The van der Waals surface area contributed by atoms with Gasteiger partial charge in [0.25, 0.3) is 5.91 Å². The van der Waals surface area contributed by atoms with Crippen LogP contribution in [0.15, 0.2) is 18.2 Å². The van der Waals surface area contributed by atoms with Crippen molar-refractivity contribution in [1.82, 2.24) is 5.32 Å². The van der Waals surface area contributed by atoms with Crippen LogP contribution in [-0.4, -0.2) is 11.9 Å². The molecule has 3 heteroatoms. The summed E-state index contributed by atoms with van der Waals surface area (Å²) in [6.45, 7) is 3.95. The molecule has 0 heterocycles. The van der Waals surface area contributed by atoms with E-state index in [1.165, 1.54) is 19.3 Å². The first kappa shape index (κ1) is 14.6. The zero-order valence-electron chi connectivity index (χ0n) is 12.3. The zero-order chi connectivity index (χ0) is 14.5. The Hall–Kier alpha value is -1.82. The summed E-state index contributed by atoms with van der Waals surface area (Å²) in [7, 11) is 0. The van der Waals surface area contributed by atoms with E-state index in [-0.39, 0.29) is 11.9 Å². The SMILES string of the molecule is Cc1cccc(C(=O)NC(C#N)C2CCCCC2)c1C. The second kappa shape index (κ2) is 6.56. The van der Waals surface area contributed by atoms with Crippen molar-refractivity contribution in [2.75, 3.05) is 0 Å². The van der Waals surface area contributed by atoms with Gasteiger partial charge in [-0.05, 0) is 49.8 Å². The van der Waals surface area contributed by atoms with Crippen LogP contribution in [0.2, 0.25) is 0 Å². The van der Waals surface area contributed by atoms with Crippen molar-refractivity contribution in [2.24, 2.45) is 5.92 Å². The summed E-state index contributed by atoms with van der Waals surface area (Å²) in [5.41, 5.74) is 2.77. The lowest BCUT2D eigenvalue weighted by Crippen LogP contribution is -2.40. The lowest BCUT2D eigenvalue weighted by Gasteiger charge is -2.26. The van der Waals surface area contributed by atoms with E-state index in [4.69, 9.17) is 0 Å². The van der Waals surface area contributed by atoms with E-state index in [9.17, 15) is 10.1 Å². The maximum atomic E-state index is 12.4. The summed E-state index contributed by atoms with van der Waals surface area (Å²) < 4.78 is 0. The summed E-state index contributed by atoms with van der Waals surface area (Å²) in [6.07, 6.45) is 5.68. The number of nitrogens with zero attached hydrogens (tertiary/aromatic N) is 1. The minimum Gasteiger partial charge on any atom is -0.336 e. The highest BCUT2D eigenvalue weighted by Gasteiger charge is 2.25. The Morgan fingerprint density at radius 1 is 1.30 bits per heavy atom. The molecule has 1 aliphatic rings. The van der Waals surface area contributed by atoms with Gasteiger partial charge in [0.2, 0.25) is 0 Å². The van der Waals surface area contributed by atoms with Gasteiger partial charge in [-0.15, -0.1) is 0 Å². The summed E-state index contributed by atoms with van der Waals surface area (Å²) >= 11 is 0. The molecule has 1 aliphatic carbocycles. The topological polar surface area (TPSA) is 52.9 Å². The van der Waals surface area contributed by atoms with Gasteiger partial charge in [-0.2, -0.15) is 5.26 Å². The second-order valence-corrected chi connectivity index (χ2v) is 5.73. The Labute approximate surface area is 121 Å². The molecule has 1 aromatic rings. The lowest BCUT2D eigenvalue weighted by molar-refractivity contribution is 0.0928. The van der Waals surface area contributed by atoms with E-state index in [1.807, 2.05) is 32.0 Å². The largest absolute Gasteiger partial charge is 0.336 e. The first-order valence-electron chi connectivity index (χ1n) is 7.40. The van der Waals surface area contributed by atoms with Gasteiger partial charge in [0.15, 0.2) is 0 Å². The van der Waals surface area contributed by atoms with Crippen molar-refractivity contribution in [3.8, 4) is 6.07 Å². The van der Waals surface area contributed by atoms with Gasteiger partial charge in [0.05, 0.1) is 6.07 Å². The van der Waals surface area contributed by atoms with Crippen LogP contribution in [0.3, 0.4) is 0 Å². The van der Waals surface area contributed by atoms with Gasteiger partial charge >= 0.3 is 0 Å². The van der Waals surface area contributed by atoms with Gasteiger partial charge in [0, 0.05) is 5.56 Å². The molecule has 1 unspecified atom stereocenters. The quantitative estimate of drug-likeness (QED) is 0.913. The normalized spacial score (nSPS) is 17.2. The molecule has 0 aliphatic heterocycles. The van der Waals surface area contributed by atoms with E-state index < -0.39 is 0 Å². The number of nitriles is 1. The third-order valence-electron chi connectivity index (χ3n) is 4.40. The summed E-state index contributed by atoms with van der Waals surface area (Å²) in [5, 5.41) is 12.3. The maximum Gasteiger partial charge on any atom is 0.252 e. The average Bonchev–Trinajstić information content (AvgIpc) is 2.48. The molecule has 3 nitrogen and oxygen atoms in total. The van der Waals surface area contributed by atoms with Crippen molar-refractivity contribution in [2.45, 2.75) is 52.0 Å². The number of carbonyl (C=O) groups is 1. The Morgan fingerprint density at radius 3 is 2.65 bits per heavy atom. The van der Waals surface area contributed by atoms with E-state index >= 15 is 0 Å². The number of aryl methyl sites for hydroxylation is 1. The molecule has 0 aromatic heterocycles. The van der Waals surface area contributed by atoms with Crippen LogP contribution in [0, 0.1) is 31.1 Å². The van der Waals surface area contributed by atoms with Gasteiger partial charge in [-0.3, -0.25) is 4.79 Å². The molecule has 20 heavy (non-hydrogen) atoms. The first-order valence-corrected chi connectivity index (χ1v) is 7.40. The van der Waals surface area contributed by atoms with Crippen LogP contribution in [0.1, 0.15) is 53.6 Å². The Kier molecular flexibility index (Phi) is 4.79. The molecule has 0 saturated heterocycles. The highest BCUT2D eigenvalue weighted by Crippen LogP contribution is 2.26. The molecule has 1 amide bonds. The minimum atomic E-state index is -0.359. The number of hydrogen-bond donors (Lipinski definition) is 1. The molecule has 106 valence electrons. The summed E-state index contributed by atoms with van der Waals surface area (Å²) in [5.74, 6) is 0.186. The van der Waals surface area contributed by atoms with Crippen molar-refractivity contribution < 1.29 is 4.79 Å². The van der Waals surface area contributed by atoms with Crippen LogP contribution >= 0.6 is 0 Å². The molecule has 1 saturated carbocycles. The van der Waals surface area contributed by atoms with Crippen LogP contribution in [0.25, 0.3) is 0 Å². The molecule has 1 aromatic carbocycles. The fourth-order valence-corrected chi connectivity index (χ4v) is 2.94. The first-order chi connectivity index (χ1) is 9.63. The third-order valence-corrected chi connectivity index (χ3v) is 4.40. The zero-order valence-corrected chi connectivity index (χ0v) is 12.3. The second-order valence-electron chi connectivity index (χ2n) is 5.73. The average molecular weight is 270 g/mol. The molecule has 1 atom stereocenters. The Morgan fingerprint density at radius 2 is 2.00 bits per heavy atom. The van der Waals surface area contributed by atoms with Gasteiger partial charge in [-0.25, -0.2) is 0 Å². The minimum absolute atomic E-state index is 0.122. The van der Waals surface area contributed by atoms with E-state index in [1.54, 1.807) is 0 Å². The Balaban J connectivity index is 2.09. The molecule has 0 radical (unpaired) electrons. The fourth-order valence-electron chi connectivity index (χ4n) is 2.94. The highest BCUT2D eigenvalue weighted by atomic mass is 16.1. The number of benzene rings is 1. The van der Waals surface area contributed by atoms with Crippen LogP contribution in [-0.2, 0) is 0 Å². The predicted molar refractivity (Wildman–Crippen MR) is 79.4 cm³/mol. The molecular formula is C17H22N2O. The number of rotatable bonds is 3. The summed E-state index contributed by atoms with van der Waals surface area (Å²) in [4.78, 5) is 12.4. The molecule has 1 N–H and O–H groups in total. The van der Waals surface area contributed by atoms with E-state index in [2.05, 4.69) is 11.4 Å². The number of amides is 1. The molecular weight excluding hydrogens is 248 g/mol. The van der Waals surface area contributed by atoms with Gasteiger partial charge in [0.1, 0.15) is 6.04 Å². The van der Waals surface area contributed by atoms with Crippen LogP contribution < -0.4 is 5.32 Å². The molecule has 1 fully saturated rings. The Bertz CT molecular complexity index is 524. The van der Waals surface area contributed by atoms with Crippen molar-refractivity contribution in [1.29, 1.82) is 5.26 Å². The summed E-state index contributed by atoms with van der Waals surface area (Å²) in [6, 6.07) is 7.63. The van der Waals surface area contributed by atoms with Crippen molar-refractivity contribution in [3.63, 3.8) is 0 Å². The molecule has 2 rings (SSSR count). The molecule has 0 bridgehead atoms. The number of hydrogen-bond acceptors (Lipinski definition) is 2. The number of nitrogens with one attached hydrogen (secondary N) is 1. The van der Waals surface area contributed by atoms with Gasteiger partial charge < -0.3 is 5.32 Å². The number of carbonyl (C=O) groups excluding carboxylic acids is 1. The molecule has 0 spiro atoms. The smallest absolute Gasteiger partial charge is 0.252 e. The monoisotopic (exact) mass is 270 g/mol. The lowest BCUT2D eigenvalue weighted by atomic mass is 9.84. The van der Waals surface area contributed by atoms with Crippen LogP contribution in [0.5, 0.6) is 0 Å². The maximum absolute atomic E-state index is 12.4. The fraction of sp³-hybridized carbons (Fsp3) is 0.529. The predicted octanol–water partition coefficient (Wildman–Crippen LogP) is 3.51. The third kappa shape index (κ3) is 3.19. The van der Waals surface area contributed by atoms with E-state index in [0.717, 1.165) is 24.0 Å².